The van der Waals surface area contributed by atoms with Crippen molar-refractivity contribution in [2.75, 3.05) is 30.5 Å². The first-order valence-electron chi connectivity index (χ1n) is 11.0. The van der Waals surface area contributed by atoms with E-state index in [1.807, 2.05) is 61.2 Å². The predicted octanol–water partition coefficient (Wildman–Crippen LogP) is 5.87. The van der Waals surface area contributed by atoms with E-state index in [-0.39, 0.29) is 5.91 Å². The summed E-state index contributed by atoms with van der Waals surface area (Å²) in [5, 5.41) is 3.27. The van der Waals surface area contributed by atoms with Crippen molar-refractivity contribution in [1.29, 1.82) is 0 Å². The van der Waals surface area contributed by atoms with Crippen LogP contribution in [-0.4, -0.2) is 31.2 Å². The normalized spacial score (nSPS) is 12.9. The van der Waals surface area contributed by atoms with Crippen LogP contribution in [0.5, 0.6) is 0 Å². The van der Waals surface area contributed by atoms with Gasteiger partial charge in [-0.1, -0.05) is 62.4 Å². The number of hydrogen-bond acceptors (Lipinski definition) is 4. The fraction of sp³-hybridized carbons (Fsp3) is 0.259. The third-order valence-corrected chi connectivity index (χ3v) is 5.18. The van der Waals surface area contributed by atoms with Crippen LogP contribution in [0.25, 0.3) is 23.4 Å². The lowest BCUT2D eigenvalue weighted by Gasteiger charge is -2.26. The third kappa shape index (κ3) is 5.42. The Kier molecular flexibility index (Phi) is 8.17. The molecular weight excluding hydrogens is 398 g/mol. The Hall–Kier alpha value is -3.44. The van der Waals surface area contributed by atoms with Gasteiger partial charge in [0.1, 0.15) is 5.82 Å². The summed E-state index contributed by atoms with van der Waals surface area (Å²) >= 11 is 0. The molecule has 0 atom stereocenters. The number of methoxy groups -OCH3 is 1. The zero-order valence-corrected chi connectivity index (χ0v) is 19.3. The molecule has 1 N–H and O–H groups in total. The number of pyridine rings is 1. The molecule has 0 bridgehead atoms. The molecule has 166 valence electrons. The Balaban J connectivity index is 0.00000141. The van der Waals surface area contributed by atoms with Gasteiger partial charge in [-0.25, -0.2) is 4.98 Å². The van der Waals surface area contributed by atoms with E-state index in [9.17, 15) is 4.79 Å². The van der Waals surface area contributed by atoms with Crippen LogP contribution in [0.1, 0.15) is 37.5 Å². The molecule has 2 aromatic carbocycles. The molecule has 0 saturated carbocycles. The fourth-order valence-corrected chi connectivity index (χ4v) is 3.62. The molecule has 0 fully saturated rings. The van der Waals surface area contributed by atoms with Crippen molar-refractivity contribution in [3.8, 4) is 11.3 Å². The number of carbonyl (C=O) groups is 1. The van der Waals surface area contributed by atoms with E-state index >= 15 is 0 Å². The summed E-state index contributed by atoms with van der Waals surface area (Å²) in [5.74, 6) is 0.854. The lowest BCUT2D eigenvalue weighted by Crippen LogP contribution is -2.29. The molecule has 0 spiro atoms. The van der Waals surface area contributed by atoms with Crippen molar-refractivity contribution >= 4 is 29.6 Å². The van der Waals surface area contributed by atoms with E-state index in [0.717, 1.165) is 39.5 Å². The molecular formula is C27H31N3O2. The highest BCUT2D eigenvalue weighted by molar-refractivity contribution is 5.95. The van der Waals surface area contributed by atoms with Gasteiger partial charge in [-0.15, -0.1) is 0 Å². The average Bonchev–Trinajstić information content (AvgIpc) is 2.82. The number of hydrogen-bond donors (Lipinski definition) is 1. The van der Waals surface area contributed by atoms with Crippen molar-refractivity contribution in [3.05, 3.63) is 77.4 Å². The second-order valence-corrected chi connectivity index (χ2v) is 7.24. The number of para-hydroxylation sites is 1. The van der Waals surface area contributed by atoms with Crippen LogP contribution in [0.3, 0.4) is 0 Å². The van der Waals surface area contributed by atoms with Crippen LogP contribution in [0.15, 0.2) is 60.7 Å². The first-order valence-corrected chi connectivity index (χ1v) is 11.0. The minimum atomic E-state index is 0.0317. The molecule has 2 heterocycles. The van der Waals surface area contributed by atoms with Gasteiger partial charge in [0.25, 0.3) is 0 Å². The maximum Gasteiger partial charge on any atom is 0.224 e. The number of fused-ring (bicyclic) bond motifs is 2. The van der Waals surface area contributed by atoms with E-state index in [1.165, 1.54) is 0 Å². The molecule has 0 saturated heterocycles. The average molecular weight is 430 g/mol. The molecule has 32 heavy (non-hydrogen) atoms. The first kappa shape index (κ1) is 23.2. The summed E-state index contributed by atoms with van der Waals surface area (Å²) in [6.07, 6.45) is 4.19. The zero-order valence-electron chi connectivity index (χ0n) is 19.3. The van der Waals surface area contributed by atoms with Gasteiger partial charge in [0.05, 0.1) is 24.5 Å². The summed E-state index contributed by atoms with van der Waals surface area (Å²) in [4.78, 5) is 18.9. The van der Waals surface area contributed by atoms with Crippen LogP contribution < -0.4 is 10.2 Å². The maximum atomic E-state index is 12.3. The van der Waals surface area contributed by atoms with Gasteiger partial charge in [-0.2, -0.15) is 0 Å². The number of benzene rings is 2. The molecule has 5 nitrogen and oxygen atoms in total. The monoisotopic (exact) mass is 429 g/mol. The Morgan fingerprint density at radius 3 is 2.59 bits per heavy atom. The van der Waals surface area contributed by atoms with Gasteiger partial charge in [0.2, 0.25) is 5.91 Å². The highest BCUT2D eigenvalue weighted by Crippen LogP contribution is 2.31. The maximum absolute atomic E-state index is 12.3. The number of ether oxygens (including phenoxy) is 1. The minimum Gasteiger partial charge on any atom is -0.383 e. The van der Waals surface area contributed by atoms with Crippen molar-refractivity contribution in [2.24, 2.45) is 0 Å². The minimum absolute atomic E-state index is 0.0317. The molecule has 1 amide bonds. The summed E-state index contributed by atoms with van der Waals surface area (Å²) in [5.41, 5.74) is 6.11. The molecule has 1 aliphatic rings. The van der Waals surface area contributed by atoms with E-state index in [2.05, 4.69) is 35.7 Å². The number of nitrogens with zero attached hydrogens (tertiary/aromatic N) is 2. The fourth-order valence-electron chi connectivity index (χ4n) is 3.62. The van der Waals surface area contributed by atoms with Gasteiger partial charge < -0.3 is 15.0 Å². The summed E-state index contributed by atoms with van der Waals surface area (Å²) in [7, 11) is 1.68. The van der Waals surface area contributed by atoms with Gasteiger partial charge >= 0.3 is 0 Å². The lowest BCUT2D eigenvalue weighted by molar-refractivity contribution is -0.116. The summed E-state index contributed by atoms with van der Waals surface area (Å²) in [6, 6.07) is 20.2. The molecule has 0 radical (unpaired) electrons. The Labute approximate surface area is 190 Å². The van der Waals surface area contributed by atoms with Crippen LogP contribution in [-0.2, 0) is 16.1 Å². The number of rotatable bonds is 5. The molecule has 0 aliphatic carbocycles. The highest BCUT2D eigenvalue weighted by Gasteiger charge is 2.18. The largest absolute Gasteiger partial charge is 0.383 e. The van der Waals surface area contributed by atoms with E-state index in [1.54, 1.807) is 14.0 Å². The molecule has 4 rings (SSSR count). The van der Waals surface area contributed by atoms with Crippen LogP contribution >= 0.6 is 0 Å². The first-order chi connectivity index (χ1) is 15.7. The Bertz CT molecular complexity index is 1090. The van der Waals surface area contributed by atoms with Crippen molar-refractivity contribution in [1.82, 2.24) is 4.98 Å². The predicted molar refractivity (Wildman–Crippen MR) is 134 cm³/mol. The van der Waals surface area contributed by atoms with Gasteiger partial charge in [0.15, 0.2) is 0 Å². The standard InChI is InChI=1S/C25H25N3O2.C2H6/c1-18(29)28-17-22-13-12-21(23-7-5-9-25(27-23)26-14-15-30-2)16-20(22)11-10-19-6-3-4-8-24(19)28;1-2/h3-13,16H,14-15,17H2,1-2H3,(H,26,27);1-2H3/b11-10-;. The van der Waals surface area contributed by atoms with E-state index in [0.29, 0.717) is 19.7 Å². The molecule has 1 aromatic heterocycles. The quantitative estimate of drug-likeness (QED) is 0.515. The Morgan fingerprint density at radius 1 is 1.03 bits per heavy atom. The van der Waals surface area contributed by atoms with E-state index in [4.69, 9.17) is 9.72 Å². The topological polar surface area (TPSA) is 54.5 Å². The number of amides is 1. The summed E-state index contributed by atoms with van der Waals surface area (Å²) < 4.78 is 5.09. The second kappa shape index (κ2) is 11.3. The number of aromatic nitrogens is 1. The van der Waals surface area contributed by atoms with Crippen molar-refractivity contribution in [3.63, 3.8) is 0 Å². The SMILES string of the molecule is CC.COCCNc1cccc(-c2ccc3c(c2)/C=C\c2ccccc2N(C(C)=O)C3)n1. The third-order valence-electron chi connectivity index (χ3n) is 5.18. The Morgan fingerprint density at radius 2 is 1.81 bits per heavy atom. The lowest BCUT2D eigenvalue weighted by atomic mass is 9.97. The molecule has 1 aliphatic heterocycles. The number of anilines is 2. The smallest absolute Gasteiger partial charge is 0.224 e. The number of nitrogens with one attached hydrogen (secondary N) is 1. The van der Waals surface area contributed by atoms with Crippen molar-refractivity contribution in [2.45, 2.75) is 27.3 Å². The van der Waals surface area contributed by atoms with Gasteiger partial charge in [-0.05, 0) is 41.0 Å². The van der Waals surface area contributed by atoms with Gasteiger partial charge in [-0.3, -0.25) is 4.79 Å². The van der Waals surface area contributed by atoms with Crippen LogP contribution in [0, 0.1) is 0 Å². The zero-order chi connectivity index (χ0) is 22.9. The van der Waals surface area contributed by atoms with Gasteiger partial charge in [0, 0.05) is 26.1 Å². The van der Waals surface area contributed by atoms with E-state index < -0.39 is 0 Å². The van der Waals surface area contributed by atoms with Crippen LogP contribution in [0.2, 0.25) is 0 Å². The number of carbonyl (C=O) groups excluding carboxylic acids is 1. The molecule has 5 heteroatoms. The summed E-state index contributed by atoms with van der Waals surface area (Å²) in [6.45, 7) is 7.49. The molecule has 0 unspecified atom stereocenters. The van der Waals surface area contributed by atoms with Crippen molar-refractivity contribution < 1.29 is 9.53 Å². The van der Waals surface area contributed by atoms with Crippen LogP contribution in [0.4, 0.5) is 11.5 Å². The second-order valence-electron chi connectivity index (χ2n) is 7.24. The molecule has 3 aromatic rings. The highest BCUT2D eigenvalue weighted by atomic mass is 16.5.